The highest BCUT2D eigenvalue weighted by molar-refractivity contribution is 9.10. The van der Waals surface area contributed by atoms with Gasteiger partial charge in [-0.1, -0.05) is 15.9 Å². The van der Waals surface area contributed by atoms with Crippen LogP contribution >= 0.6 is 15.9 Å². The van der Waals surface area contributed by atoms with Gasteiger partial charge in [0.1, 0.15) is 5.75 Å². The Hall–Kier alpha value is -2.02. The Balaban J connectivity index is 2.36. The molecule has 130 valence electrons. The molecule has 0 spiro atoms. The molecular weight excluding hydrogens is 376 g/mol. The summed E-state index contributed by atoms with van der Waals surface area (Å²) < 4.78 is 12.8. The molecule has 1 heterocycles. The quantitative estimate of drug-likeness (QED) is 0.730. The summed E-state index contributed by atoms with van der Waals surface area (Å²) in [6, 6.07) is 7.21. The molecule has 0 bridgehead atoms. The first-order valence-electron chi connectivity index (χ1n) is 7.68. The first-order valence-corrected chi connectivity index (χ1v) is 8.47. The average molecular weight is 397 g/mol. The highest BCUT2D eigenvalue weighted by Gasteiger charge is 2.22. The highest BCUT2D eigenvalue weighted by Crippen LogP contribution is 2.34. The summed E-state index contributed by atoms with van der Waals surface area (Å²) in [5.41, 5.74) is 1.55. The molecule has 0 aliphatic carbocycles. The molecular formula is C17H21BrN2O4. The van der Waals surface area contributed by atoms with Crippen molar-refractivity contribution in [1.29, 1.82) is 0 Å². The van der Waals surface area contributed by atoms with Crippen LogP contribution < -0.4 is 10.3 Å². The van der Waals surface area contributed by atoms with Gasteiger partial charge in [-0.15, -0.1) is 0 Å². The van der Waals surface area contributed by atoms with Gasteiger partial charge in [0.05, 0.1) is 20.1 Å². The number of rotatable bonds is 7. The van der Waals surface area contributed by atoms with Gasteiger partial charge < -0.3 is 9.47 Å². The third-order valence-corrected chi connectivity index (χ3v) is 4.25. The second-order valence-electron chi connectivity index (χ2n) is 5.48. The lowest BCUT2D eigenvalue weighted by molar-refractivity contribution is -0.143. The number of hydrogen-bond donors (Lipinski definition) is 1. The molecule has 0 amide bonds. The van der Waals surface area contributed by atoms with Gasteiger partial charge in [0, 0.05) is 29.2 Å². The van der Waals surface area contributed by atoms with Crippen molar-refractivity contribution >= 4 is 21.9 Å². The van der Waals surface area contributed by atoms with E-state index >= 15 is 0 Å². The SMILES string of the molecule is CCOC(=O)CC(Cc1cc(=O)n(C)[nH]1)c1cc(Br)ccc1OC. The third-order valence-electron chi connectivity index (χ3n) is 3.76. The van der Waals surface area contributed by atoms with Crippen LogP contribution in [0.3, 0.4) is 0 Å². The van der Waals surface area contributed by atoms with Crippen molar-refractivity contribution in [1.82, 2.24) is 9.78 Å². The second kappa shape index (κ2) is 8.19. The second-order valence-corrected chi connectivity index (χ2v) is 6.39. The molecule has 1 aromatic carbocycles. The molecule has 0 radical (unpaired) electrons. The van der Waals surface area contributed by atoms with E-state index in [4.69, 9.17) is 9.47 Å². The van der Waals surface area contributed by atoms with Crippen molar-refractivity contribution in [3.63, 3.8) is 0 Å². The van der Waals surface area contributed by atoms with E-state index in [-0.39, 0.29) is 23.9 Å². The predicted molar refractivity (Wildman–Crippen MR) is 94.4 cm³/mol. The van der Waals surface area contributed by atoms with Crippen LogP contribution in [0, 0.1) is 0 Å². The van der Waals surface area contributed by atoms with Gasteiger partial charge in [-0.05, 0) is 37.1 Å². The number of H-pyrrole nitrogens is 1. The van der Waals surface area contributed by atoms with Gasteiger partial charge in [0.2, 0.25) is 0 Å². The van der Waals surface area contributed by atoms with E-state index in [1.807, 2.05) is 18.2 Å². The standard InChI is InChI=1S/C17H21BrN2O4/c1-4-24-17(22)8-11(7-13-10-16(21)20(2)19-13)14-9-12(18)5-6-15(14)23-3/h5-6,9-11,19H,4,7-8H2,1-3H3. The zero-order valence-electron chi connectivity index (χ0n) is 14.0. The van der Waals surface area contributed by atoms with Crippen LogP contribution in [0.4, 0.5) is 0 Å². The molecule has 0 aliphatic rings. The average Bonchev–Trinajstić information content (AvgIpc) is 2.85. The predicted octanol–water partition coefficient (Wildman–Crippen LogP) is 2.76. The molecule has 0 saturated heterocycles. The van der Waals surface area contributed by atoms with Crippen LogP contribution in [0.5, 0.6) is 5.75 Å². The number of carbonyl (C=O) groups is 1. The zero-order chi connectivity index (χ0) is 17.7. The van der Waals surface area contributed by atoms with Gasteiger partial charge >= 0.3 is 5.97 Å². The number of nitrogens with one attached hydrogen (secondary N) is 1. The Morgan fingerprint density at radius 1 is 1.38 bits per heavy atom. The number of aromatic nitrogens is 2. The van der Waals surface area contributed by atoms with E-state index in [0.29, 0.717) is 18.8 Å². The van der Waals surface area contributed by atoms with E-state index in [0.717, 1.165) is 15.7 Å². The first-order chi connectivity index (χ1) is 11.4. The lowest BCUT2D eigenvalue weighted by atomic mass is 9.90. The van der Waals surface area contributed by atoms with Gasteiger partial charge in [0.15, 0.2) is 0 Å². The number of halogens is 1. The Morgan fingerprint density at radius 2 is 2.12 bits per heavy atom. The smallest absolute Gasteiger partial charge is 0.306 e. The molecule has 1 aromatic heterocycles. The third kappa shape index (κ3) is 4.50. The van der Waals surface area contributed by atoms with Crippen LogP contribution in [0.25, 0.3) is 0 Å². The number of ether oxygens (including phenoxy) is 2. The largest absolute Gasteiger partial charge is 0.496 e. The summed E-state index contributed by atoms with van der Waals surface area (Å²) in [5.74, 6) is 0.253. The van der Waals surface area contributed by atoms with Crippen LogP contribution in [0.2, 0.25) is 0 Å². The normalized spacial score (nSPS) is 12.0. The molecule has 0 saturated carbocycles. The molecule has 2 aromatic rings. The first kappa shape index (κ1) is 18.3. The van der Waals surface area contributed by atoms with Crippen LogP contribution in [0.15, 0.2) is 33.5 Å². The Morgan fingerprint density at radius 3 is 2.71 bits per heavy atom. The van der Waals surface area contributed by atoms with Crippen molar-refractivity contribution < 1.29 is 14.3 Å². The summed E-state index contributed by atoms with van der Waals surface area (Å²) in [5, 5.41) is 3.00. The Bertz CT molecular complexity index is 766. The topological polar surface area (TPSA) is 73.3 Å². The molecule has 1 atom stereocenters. The van der Waals surface area contributed by atoms with E-state index in [1.165, 1.54) is 4.68 Å². The molecule has 24 heavy (non-hydrogen) atoms. The van der Waals surface area contributed by atoms with E-state index in [1.54, 1.807) is 27.1 Å². The fraction of sp³-hybridized carbons (Fsp3) is 0.412. The van der Waals surface area contributed by atoms with Crippen molar-refractivity contribution in [2.24, 2.45) is 7.05 Å². The number of aryl methyl sites for hydroxylation is 1. The summed E-state index contributed by atoms with van der Waals surface area (Å²) in [4.78, 5) is 23.7. The maximum atomic E-state index is 12.0. The summed E-state index contributed by atoms with van der Waals surface area (Å²) in [6.45, 7) is 2.12. The minimum absolute atomic E-state index is 0.110. The van der Waals surface area contributed by atoms with E-state index in [2.05, 4.69) is 21.0 Å². The molecule has 1 unspecified atom stereocenters. The number of benzene rings is 1. The van der Waals surface area contributed by atoms with Crippen molar-refractivity contribution in [2.45, 2.75) is 25.7 Å². The maximum Gasteiger partial charge on any atom is 0.306 e. The van der Waals surface area contributed by atoms with Gasteiger partial charge in [0.25, 0.3) is 5.56 Å². The van der Waals surface area contributed by atoms with Crippen LogP contribution in [0.1, 0.15) is 30.5 Å². The van der Waals surface area contributed by atoms with Crippen molar-refractivity contribution in [3.05, 3.63) is 50.3 Å². The molecule has 2 rings (SSSR count). The lowest BCUT2D eigenvalue weighted by Crippen LogP contribution is -2.14. The number of methoxy groups -OCH3 is 1. The molecule has 0 fully saturated rings. The number of hydrogen-bond acceptors (Lipinski definition) is 4. The minimum Gasteiger partial charge on any atom is -0.496 e. The van der Waals surface area contributed by atoms with Crippen molar-refractivity contribution in [2.75, 3.05) is 13.7 Å². The van der Waals surface area contributed by atoms with Gasteiger partial charge in [-0.3, -0.25) is 19.4 Å². The summed E-state index contributed by atoms with van der Waals surface area (Å²) >= 11 is 3.46. The van der Waals surface area contributed by atoms with E-state index in [9.17, 15) is 9.59 Å². The zero-order valence-corrected chi connectivity index (χ0v) is 15.6. The fourth-order valence-corrected chi connectivity index (χ4v) is 3.03. The minimum atomic E-state index is -0.275. The van der Waals surface area contributed by atoms with Gasteiger partial charge in [-0.25, -0.2) is 0 Å². The lowest BCUT2D eigenvalue weighted by Gasteiger charge is -2.19. The number of nitrogens with zero attached hydrogens (tertiary/aromatic N) is 1. The fourth-order valence-electron chi connectivity index (χ4n) is 2.66. The Kier molecular flexibility index (Phi) is 6.25. The summed E-state index contributed by atoms with van der Waals surface area (Å²) in [7, 11) is 3.25. The number of carbonyl (C=O) groups excluding carboxylic acids is 1. The highest BCUT2D eigenvalue weighted by atomic mass is 79.9. The number of esters is 1. The molecule has 6 nitrogen and oxygen atoms in total. The van der Waals surface area contributed by atoms with Gasteiger partial charge in [-0.2, -0.15) is 0 Å². The summed E-state index contributed by atoms with van der Waals surface area (Å²) in [6.07, 6.45) is 0.708. The molecule has 0 aliphatic heterocycles. The number of aromatic amines is 1. The molecule has 7 heteroatoms. The monoisotopic (exact) mass is 396 g/mol. The van der Waals surface area contributed by atoms with Crippen LogP contribution in [-0.4, -0.2) is 29.5 Å². The van der Waals surface area contributed by atoms with Crippen LogP contribution in [-0.2, 0) is 23.0 Å². The Labute approximate surface area is 148 Å². The van der Waals surface area contributed by atoms with Crippen molar-refractivity contribution in [3.8, 4) is 5.75 Å². The van der Waals surface area contributed by atoms with E-state index < -0.39 is 0 Å². The molecule has 1 N–H and O–H groups in total. The maximum absolute atomic E-state index is 12.0.